The summed E-state index contributed by atoms with van der Waals surface area (Å²) in [5.74, 6) is -3.10. The standard InChI is InChI=1S/C12H7F3N2O/c13-8-3-7(4-9(14)5-8)12(18)17-10-1-2-11(15)16-6-10/h1-6H,(H,17,18). The molecule has 0 aliphatic rings. The zero-order valence-corrected chi connectivity index (χ0v) is 8.95. The number of hydrogen-bond acceptors (Lipinski definition) is 2. The van der Waals surface area contributed by atoms with Gasteiger partial charge in [0.15, 0.2) is 0 Å². The minimum absolute atomic E-state index is 0.170. The van der Waals surface area contributed by atoms with Gasteiger partial charge in [-0.3, -0.25) is 4.79 Å². The number of nitrogens with one attached hydrogen (secondary N) is 1. The van der Waals surface area contributed by atoms with Crippen LogP contribution in [0.25, 0.3) is 0 Å². The minimum atomic E-state index is -0.850. The first-order valence-corrected chi connectivity index (χ1v) is 4.93. The molecule has 18 heavy (non-hydrogen) atoms. The number of benzene rings is 1. The normalized spacial score (nSPS) is 10.2. The molecule has 0 spiro atoms. The molecule has 0 radical (unpaired) electrons. The van der Waals surface area contributed by atoms with E-state index in [0.29, 0.717) is 6.07 Å². The van der Waals surface area contributed by atoms with Crippen LogP contribution in [0.15, 0.2) is 36.5 Å². The maximum atomic E-state index is 12.9. The van der Waals surface area contributed by atoms with E-state index in [1.54, 1.807) is 0 Å². The van der Waals surface area contributed by atoms with Crippen molar-refractivity contribution in [3.8, 4) is 0 Å². The molecule has 0 aliphatic carbocycles. The highest BCUT2D eigenvalue weighted by molar-refractivity contribution is 6.04. The maximum Gasteiger partial charge on any atom is 0.255 e. The molecule has 0 unspecified atom stereocenters. The van der Waals surface area contributed by atoms with Gasteiger partial charge < -0.3 is 5.32 Å². The SMILES string of the molecule is O=C(Nc1ccc(F)nc1)c1cc(F)cc(F)c1. The number of pyridine rings is 1. The van der Waals surface area contributed by atoms with E-state index in [1.165, 1.54) is 6.07 Å². The summed E-state index contributed by atoms with van der Waals surface area (Å²) in [6.45, 7) is 0. The third-order valence-electron chi connectivity index (χ3n) is 2.11. The molecule has 1 amide bonds. The number of carbonyl (C=O) groups excluding carboxylic acids is 1. The molecule has 1 aromatic heterocycles. The molecule has 0 aliphatic heterocycles. The molecule has 0 saturated carbocycles. The van der Waals surface area contributed by atoms with E-state index in [-0.39, 0.29) is 11.3 Å². The summed E-state index contributed by atoms with van der Waals surface area (Å²) in [4.78, 5) is 15.0. The molecule has 0 bridgehead atoms. The molecule has 1 heterocycles. The monoisotopic (exact) mass is 252 g/mol. The van der Waals surface area contributed by atoms with Gasteiger partial charge >= 0.3 is 0 Å². The fraction of sp³-hybridized carbons (Fsp3) is 0. The number of halogens is 3. The largest absolute Gasteiger partial charge is 0.321 e. The zero-order valence-electron chi connectivity index (χ0n) is 8.95. The van der Waals surface area contributed by atoms with Crippen molar-refractivity contribution in [2.24, 2.45) is 0 Å². The van der Waals surface area contributed by atoms with E-state index < -0.39 is 23.5 Å². The van der Waals surface area contributed by atoms with E-state index in [0.717, 1.165) is 24.4 Å². The Morgan fingerprint density at radius 1 is 1.06 bits per heavy atom. The second-order valence-electron chi connectivity index (χ2n) is 3.48. The lowest BCUT2D eigenvalue weighted by atomic mass is 10.2. The maximum absolute atomic E-state index is 12.9. The quantitative estimate of drug-likeness (QED) is 0.835. The molecule has 0 atom stereocenters. The molecule has 6 heteroatoms. The predicted octanol–water partition coefficient (Wildman–Crippen LogP) is 2.75. The Labute approximate surface area is 100 Å². The van der Waals surface area contributed by atoms with Gasteiger partial charge in [-0.1, -0.05) is 0 Å². The zero-order chi connectivity index (χ0) is 13.1. The van der Waals surface area contributed by atoms with Crippen LogP contribution in [0.2, 0.25) is 0 Å². The summed E-state index contributed by atoms with van der Waals surface area (Å²) < 4.78 is 38.3. The molecule has 1 aromatic carbocycles. The van der Waals surface area contributed by atoms with E-state index in [9.17, 15) is 18.0 Å². The highest BCUT2D eigenvalue weighted by Gasteiger charge is 2.09. The molecular formula is C12H7F3N2O. The molecule has 3 nitrogen and oxygen atoms in total. The first-order chi connectivity index (χ1) is 8.54. The molecule has 1 N–H and O–H groups in total. The number of hydrogen-bond donors (Lipinski definition) is 1. The smallest absolute Gasteiger partial charge is 0.255 e. The lowest BCUT2D eigenvalue weighted by Crippen LogP contribution is -2.12. The second-order valence-corrected chi connectivity index (χ2v) is 3.48. The van der Waals surface area contributed by atoms with Gasteiger partial charge in [-0.2, -0.15) is 4.39 Å². The van der Waals surface area contributed by atoms with Crippen LogP contribution in [-0.2, 0) is 0 Å². The van der Waals surface area contributed by atoms with Crippen molar-refractivity contribution in [3.63, 3.8) is 0 Å². The van der Waals surface area contributed by atoms with Crippen molar-refractivity contribution < 1.29 is 18.0 Å². The van der Waals surface area contributed by atoms with Crippen molar-refractivity contribution >= 4 is 11.6 Å². The Hall–Kier alpha value is -2.37. The fourth-order valence-electron chi connectivity index (χ4n) is 1.34. The van der Waals surface area contributed by atoms with Crippen LogP contribution in [0.1, 0.15) is 10.4 Å². The highest BCUT2D eigenvalue weighted by atomic mass is 19.1. The van der Waals surface area contributed by atoms with E-state index in [2.05, 4.69) is 10.3 Å². The van der Waals surface area contributed by atoms with Gasteiger partial charge in [-0.05, 0) is 24.3 Å². The van der Waals surface area contributed by atoms with Gasteiger partial charge in [0.1, 0.15) is 11.6 Å². The molecule has 2 aromatic rings. The van der Waals surface area contributed by atoms with Crippen molar-refractivity contribution in [1.82, 2.24) is 4.98 Å². The number of amides is 1. The third kappa shape index (κ3) is 2.85. The lowest BCUT2D eigenvalue weighted by molar-refractivity contribution is 0.102. The first-order valence-electron chi connectivity index (χ1n) is 4.93. The Morgan fingerprint density at radius 3 is 2.28 bits per heavy atom. The topological polar surface area (TPSA) is 42.0 Å². The number of rotatable bonds is 2. The summed E-state index contributed by atoms with van der Waals surface area (Å²) >= 11 is 0. The average molecular weight is 252 g/mol. The molecule has 2 rings (SSSR count). The van der Waals surface area contributed by atoms with Gasteiger partial charge in [-0.25, -0.2) is 13.8 Å². The Balaban J connectivity index is 2.19. The van der Waals surface area contributed by atoms with Crippen molar-refractivity contribution in [2.75, 3.05) is 5.32 Å². The summed E-state index contributed by atoms with van der Waals surface area (Å²) in [6, 6.07) is 4.80. The van der Waals surface area contributed by atoms with Gasteiger partial charge in [0.2, 0.25) is 5.95 Å². The van der Waals surface area contributed by atoms with Crippen molar-refractivity contribution in [2.45, 2.75) is 0 Å². The van der Waals surface area contributed by atoms with Gasteiger partial charge in [0.25, 0.3) is 5.91 Å². The summed E-state index contributed by atoms with van der Waals surface area (Å²) in [7, 11) is 0. The first kappa shape index (κ1) is 12.1. The van der Waals surface area contributed by atoms with Gasteiger partial charge in [0.05, 0.1) is 11.9 Å². The molecule has 92 valence electrons. The number of aromatic nitrogens is 1. The molecule has 0 saturated heterocycles. The lowest BCUT2D eigenvalue weighted by Gasteiger charge is -2.05. The number of anilines is 1. The van der Waals surface area contributed by atoms with Crippen LogP contribution in [0, 0.1) is 17.6 Å². The van der Waals surface area contributed by atoms with Crippen LogP contribution in [0.5, 0.6) is 0 Å². The van der Waals surface area contributed by atoms with Gasteiger partial charge in [0, 0.05) is 11.6 Å². The van der Waals surface area contributed by atoms with Crippen LogP contribution >= 0.6 is 0 Å². The molecule has 0 fully saturated rings. The second kappa shape index (κ2) is 4.87. The summed E-state index contributed by atoms with van der Waals surface area (Å²) in [5.41, 5.74) is 0.0582. The highest BCUT2D eigenvalue weighted by Crippen LogP contribution is 2.11. The summed E-state index contributed by atoms with van der Waals surface area (Å²) in [6.07, 6.45) is 1.10. The van der Waals surface area contributed by atoms with Crippen LogP contribution < -0.4 is 5.32 Å². The van der Waals surface area contributed by atoms with Gasteiger partial charge in [-0.15, -0.1) is 0 Å². The van der Waals surface area contributed by atoms with Crippen molar-refractivity contribution in [3.05, 3.63) is 59.7 Å². The number of carbonyl (C=O) groups is 1. The minimum Gasteiger partial charge on any atom is -0.321 e. The van der Waals surface area contributed by atoms with Crippen LogP contribution in [0.3, 0.4) is 0 Å². The van der Waals surface area contributed by atoms with E-state index in [4.69, 9.17) is 0 Å². The Morgan fingerprint density at radius 2 is 1.72 bits per heavy atom. The number of nitrogens with zero attached hydrogens (tertiary/aromatic N) is 1. The third-order valence-corrected chi connectivity index (χ3v) is 2.11. The molecular weight excluding hydrogens is 245 g/mol. The summed E-state index contributed by atoms with van der Waals surface area (Å²) in [5, 5.41) is 2.34. The average Bonchev–Trinajstić information content (AvgIpc) is 2.31. The van der Waals surface area contributed by atoms with E-state index >= 15 is 0 Å². The predicted molar refractivity (Wildman–Crippen MR) is 58.5 cm³/mol. The van der Waals surface area contributed by atoms with Crippen LogP contribution in [-0.4, -0.2) is 10.9 Å². The van der Waals surface area contributed by atoms with E-state index in [1.807, 2.05) is 0 Å². The van der Waals surface area contributed by atoms with Crippen LogP contribution in [0.4, 0.5) is 18.9 Å². The fourth-order valence-corrected chi connectivity index (χ4v) is 1.34. The Kier molecular flexibility index (Phi) is 3.27. The van der Waals surface area contributed by atoms with Crippen molar-refractivity contribution in [1.29, 1.82) is 0 Å². The Bertz CT molecular complexity index is 564.